The molecule has 3 rings (SSSR count). The topological polar surface area (TPSA) is 47.7 Å². The van der Waals surface area contributed by atoms with Gasteiger partial charge in [0.15, 0.2) is 0 Å². The molecule has 22 heavy (non-hydrogen) atoms. The zero-order valence-corrected chi connectivity index (χ0v) is 12.9. The lowest BCUT2D eigenvalue weighted by Gasteiger charge is -2.32. The Morgan fingerprint density at radius 1 is 1.18 bits per heavy atom. The fraction of sp³-hybridized carbons (Fsp3) is 0.333. The Balaban J connectivity index is 1.54. The Labute approximate surface area is 131 Å². The normalized spacial score (nSPS) is 13.4. The number of nitrogen functional groups attached to an aromatic ring is 1. The number of hydrogen-bond acceptors (Lipinski definition) is 4. The van der Waals surface area contributed by atoms with Gasteiger partial charge < -0.3 is 20.1 Å². The number of hydrogen-bond donors (Lipinski definition) is 1. The van der Waals surface area contributed by atoms with Crippen LogP contribution >= 0.6 is 0 Å². The van der Waals surface area contributed by atoms with Gasteiger partial charge in [-0.1, -0.05) is 23.8 Å². The molecule has 2 aromatic rings. The van der Waals surface area contributed by atoms with E-state index in [0.29, 0.717) is 13.2 Å². The standard InChI is InChI=1S/C18H22N2O2/c1-14-6-8-15(9-7-14)21-12-3-10-20-11-13-22-17-5-2-4-16(19)18(17)20/h2,4-9H,3,10-13,19H2,1H3. The number of nitrogens with zero attached hydrogens (tertiary/aromatic N) is 1. The minimum absolute atomic E-state index is 0.697. The number of para-hydroxylation sites is 1. The molecule has 0 aliphatic carbocycles. The summed E-state index contributed by atoms with van der Waals surface area (Å²) in [6, 6.07) is 14.0. The number of fused-ring (bicyclic) bond motifs is 1. The summed E-state index contributed by atoms with van der Waals surface area (Å²) < 4.78 is 11.4. The van der Waals surface area contributed by atoms with Crippen molar-refractivity contribution in [2.24, 2.45) is 0 Å². The minimum Gasteiger partial charge on any atom is -0.494 e. The van der Waals surface area contributed by atoms with E-state index in [4.69, 9.17) is 15.2 Å². The molecule has 4 heteroatoms. The monoisotopic (exact) mass is 298 g/mol. The third kappa shape index (κ3) is 3.27. The fourth-order valence-electron chi connectivity index (χ4n) is 2.68. The third-order valence-electron chi connectivity index (χ3n) is 3.83. The van der Waals surface area contributed by atoms with E-state index in [1.165, 1.54) is 5.56 Å². The molecule has 116 valence electrons. The van der Waals surface area contributed by atoms with Gasteiger partial charge in [-0.05, 0) is 37.6 Å². The van der Waals surface area contributed by atoms with Gasteiger partial charge in [0.2, 0.25) is 0 Å². The molecule has 0 aromatic heterocycles. The van der Waals surface area contributed by atoms with Crippen LogP contribution < -0.4 is 20.1 Å². The van der Waals surface area contributed by atoms with E-state index in [-0.39, 0.29) is 0 Å². The molecule has 0 atom stereocenters. The van der Waals surface area contributed by atoms with Crippen LogP contribution in [0.4, 0.5) is 11.4 Å². The lowest BCUT2D eigenvalue weighted by Crippen LogP contribution is -2.34. The summed E-state index contributed by atoms with van der Waals surface area (Å²) in [4.78, 5) is 2.28. The molecule has 1 aliphatic heterocycles. The van der Waals surface area contributed by atoms with Crippen molar-refractivity contribution in [2.75, 3.05) is 36.9 Å². The van der Waals surface area contributed by atoms with Crippen molar-refractivity contribution in [3.05, 3.63) is 48.0 Å². The molecule has 1 aliphatic rings. The Kier molecular flexibility index (Phi) is 4.37. The molecule has 0 fully saturated rings. The minimum atomic E-state index is 0.697. The molecule has 2 aromatic carbocycles. The van der Waals surface area contributed by atoms with Crippen LogP contribution in [0.15, 0.2) is 42.5 Å². The fourth-order valence-corrected chi connectivity index (χ4v) is 2.68. The van der Waals surface area contributed by atoms with Crippen LogP contribution in [0.5, 0.6) is 11.5 Å². The van der Waals surface area contributed by atoms with Crippen molar-refractivity contribution in [1.82, 2.24) is 0 Å². The Bertz CT molecular complexity index is 625. The van der Waals surface area contributed by atoms with Gasteiger partial charge in [-0.25, -0.2) is 0 Å². The van der Waals surface area contributed by atoms with Crippen LogP contribution in [0.25, 0.3) is 0 Å². The lowest BCUT2D eigenvalue weighted by atomic mass is 10.2. The van der Waals surface area contributed by atoms with Crippen LogP contribution in [0.2, 0.25) is 0 Å². The Morgan fingerprint density at radius 2 is 2.00 bits per heavy atom. The highest BCUT2D eigenvalue weighted by molar-refractivity contribution is 5.75. The number of rotatable bonds is 5. The lowest BCUT2D eigenvalue weighted by molar-refractivity contribution is 0.293. The van der Waals surface area contributed by atoms with Crippen molar-refractivity contribution in [1.29, 1.82) is 0 Å². The predicted octanol–water partition coefficient (Wildman–Crippen LogP) is 3.25. The van der Waals surface area contributed by atoms with E-state index in [9.17, 15) is 0 Å². The van der Waals surface area contributed by atoms with Gasteiger partial charge in [-0.3, -0.25) is 0 Å². The highest BCUT2D eigenvalue weighted by atomic mass is 16.5. The average molecular weight is 298 g/mol. The van der Waals surface area contributed by atoms with Gasteiger partial charge in [0.05, 0.1) is 18.8 Å². The number of anilines is 2. The van der Waals surface area contributed by atoms with Crippen molar-refractivity contribution in [3.63, 3.8) is 0 Å². The quantitative estimate of drug-likeness (QED) is 0.680. The first-order chi connectivity index (χ1) is 10.7. The Morgan fingerprint density at radius 3 is 2.82 bits per heavy atom. The number of nitrogens with two attached hydrogens (primary N) is 1. The summed E-state index contributed by atoms with van der Waals surface area (Å²) in [5.41, 5.74) is 9.12. The molecule has 0 amide bonds. The average Bonchev–Trinajstić information content (AvgIpc) is 2.53. The largest absolute Gasteiger partial charge is 0.494 e. The molecular weight excluding hydrogens is 276 g/mol. The smallest absolute Gasteiger partial charge is 0.144 e. The van der Waals surface area contributed by atoms with Crippen LogP contribution in [-0.2, 0) is 0 Å². The summed E-state index contributed by atoms with van der Waals surface area (Å²) in [5.74, 6) is 1.80. The first-order valence-electron chi connectivity index (χ1n) is 7.70. The van der Waals surface area contributed by atoms with Gasteiger partial charge in [0, 0.05) is 6.54 Å². The van der Waals surface area contributed by atoms with Crippen LogP contribution in [-0.4, -0.2) is 26.3 Å². The van der Waals surface area contributed by atoms with E-state index >= 15 is 0 Å². The van der Waals surface area contributed by atoms with Gasteiger partial charge >= 0.3 is 0 Å². The second kappa shape index (κ2) is 6.60. The van der Waals surface area contributed by atoms with Crippen molar-refractivity contribution < 1.29 is 9.47 Å². The zero-order valence-electron chi connectivity index (χ0n) is 12.9. The van der Waals surface area contributed by atoms with Gasteiger partial charge in [0.1, 0.15) is 23.8 Å². The molecule has 2 N–H and O–H groups in total. The maximum atomic E-state index is 6.09. The van der Waals surface area contributed by atoms with Gasteiger partial charge in [-0.15, -0.1) is 0 Å². The first-order valence-corrected chi connectivity index (χ1v) is 7.70. The SMILES string of the molecule is Cc1ccc(OCCCN2CCOc3cccc(N)c32)cc1. The summed E-state index contributed by atoms with van der Waals surface area (Å²) >= 11 is 0. The second-order valence-electron chi connectivity index (χ2n) is 5.54. The van der Waals surface area contributed by atoms with Gasteiger partial charge in [0.25, 0.3) is 0 Å². The van der Waals surface area contributed by atoms with E-state index in [1.807, 2.05) is 30.3 Å². The van der Waals surface area contributed by atoms with Crippen LogP contribution in [0, 0.1) is 6.92 Å². The summed E-state index contributed by atoms with van der Waals surface area (Å²) in [7, 11) is 0. The van der Waals surface area contributed by atoms with E-state index in [1.54, 1.807) is 0 Å². The Hall–Kier alpha value is -2.36. The van der Waals surface area contributed by atoms with E-state index in [0.717, 1.165) is 42.4 Å². The summed E-state index contributed by atoms with van der Waals surface area (Å²) in [5, 5.41) is 0. The number of benzene rings is 2. The molecule has 0 saturated carbocycles. The maximum Gasteiger partial charge on any atom is 0.144 e. The molecule has 0 radical (unpaired) electrons. The molecule has 0 spiro atoms. The summed E-state index contributed by atoms with van der Waals surface area (Å²) in [6.45, 7) is 5.25. The third-order valence-corrected chi connectivity index (χ3v) is 3.83. The van der Waals surface area contributed by atoms with Crippen molar-refractivity contribution in [2.45, 2.75) is 13.3 Å². The second-order valence-corrected chi connectivity index (χ2v) is 5.54. The first kappa shape index (κ1) is 14.6. The molecule has 0 bridgehead atoms. The van der Waals surface area contributed by atoms with E-state index in [2.05, 4.69) is 24.0 Å². The van der Waals surface area contributed by atoms with Crippen LogP contribution in [0.3, 0.4) is 0 Å². The van der Waals surface area contributed by atoms with Gasteiger partial charge in [-0.2, -0.15) is 0 Å². The molecular formula is C18H22N2O2. The van der Waals surface area contributed by atoms with E-state index < -0.39 is 0 Å². The maximum absolute atomic E-state index is 6.09. The predicted molar refractivity (Wildman–Crippen MR) is 89.9 cm³/mol. The van der Waals surface area contributed by atoms with Crippen molar-refractivity contribution >= 4 is 11.4 Å². The number of aryl methyl sites for hydroxylation is 1. The van der Waals surface area contributed by atoms with Crippen LogP contribution in [0.1, 0.15) is 12.0 Å². The summed E-state index contributed by atoms with van der Waals surface area (Å²) in [6.07, 6.45) is 0.946. The molecule has 4 nitrogen and oxygen atoms in total. The van der Waals surface area contributed by atoms with Crippen molar-refractivity contribution in [3.8, 4) is 11.5 Å². The molecule has 0 unspecified atom stereocenters. The molecule has 1 heterocycles. The zero-order chi connectivity index (χ0) is 15.4. The highest BCUT2D eigenvalue weighted by Gasteiger charge is 2.19. The number of ether oxygens (including phenoxy) is 2. The molecule has 0 saturated heterocycles. The highest BCUT2D eigenvalue weighted by Crippen LogP contribution is 2.36.